The summed E-state index contributed by atoms with van der Waals surface area (Å²) < 4.78 is 0. The Morgan fingerprint density at radius 3 is 3.05 bits per heavy atom. The molecule has 20 heavy (non-hydrogen) atoms. The fourth-order valence-electron chi connectivity index (χ4n) is 3.59. The largest absolute Gasteiger partial charge is 0.392 e. The van der Waals surface area contributed by atoms with Crippen LogP contribution >= 0.6 is 0 Å². The first-order valence-corrected chi connectivity index (χ1v) is 7.18. The molecule has 3 heteroatoms. The van der Waals surface area contributed by atoms with E-state index in [2.05, 4.69) is 24.6 Å². The van der Waals surface area contributed by atoms with Crippen molar-refractivity contribution in [2.24, 2.45) is 17.1 Å². The summed E-state index contributed by atoms with van der Waals surface area (Å²) in [6.45, 7) is 0.0398. The van der Waals surface area contributed by atoms with Gasteiger partial charge >= 0.3 is 0 Å². The van der Waals surface area contributed by atoms with Crippen molar-refractivity contribution in [1.82, 2.24) is 0 Å². The molecule has 1 aromatic rings. The molecule has 1 saturated carbocycles. The molecule has 1 amide bonds. The minimum Gasteiger partial charge on any atom is -0.392 e. The number of aliphatic hydroxyl groups excluding tert-OH is 1. The van der Waals surface area contributed by atoms with Gasteiger partial charge in [-0.05, 0) is 54.7 Å². The minimum absolute atomic E-state index is 0.0398. The molecule has 2 atom stereocenters. The fourth-order valence-corrected chi connectivity index (χ4v) is 3.59. The van der Waals surface area contributed by atoms with Crippen molar-refractivity contribution >= 4 is 12.0 Å². The van der Waals surface area contributed by atoms with Crippen LogP contribution in [-0.4, -0.2) is 17.6 Å². The molecule has 0 heterocycles. The summed E-state index contributed by atoms with van der Waals surface area (Å²) in [5, 5.41) is 8.86. The first-order chi connectivity index (χ1) is 9.63. The number of hydrogen-bond acceptors (Lipinski definition) is 2. The summed E-state index contributed by atoms with van der Waals surface area (Å²) in [6.07, 6.45) is 9.49. The van der Waals surface area contributed by atoms with Gasteiger partial charge in [0.15, 0.2) is 0 Å². The molecule has 3 rings (SSSR count). The lowest BCUT2D eigenvalue weighted by Gasteiger charge is -2.25. The van der Waals surface area contributed by atoms with E-state index >= 15 is 0 Å². The monoisotopic (exact) mass is 270 g/mol. The van der Waals surface area contributed by atoms with Gasteiger partial charge in [-0.2, -0.15) is 0 Å². The molecule has 1 fully saturated rings. The number of aliphatic hydroxyl groups is 1. The predicted molar refractivity (Wildman–Crippen MR) is 78.6 cm³/mol. The first kappa shape index (κ1) is 13.4. The Hall–Kier alpha value is -1.61. The summed E-state index contributed by atoms with van der Waals surface area (Å²) in [4.78, 5) is 11.9. The van der Waals surface area contributed by atoms with Gasteiger partial charge in [-0.15, -0.1) is 0 Å². The quantitative estimate of drug-likeness (QED) is 0.880. The van der Waals surface area contributed by atoms with Gasteiger partial charge in [0.05, 0.1) is 12.0 Å². The minimum atomic E-state index is -0.449. The lowest BCUT2D eigenvalue weighted by Crippen LogP contribution is -2.37. The highest BCUT2D eigenvalue weighted by Crippen LogP contribution is 2.47. The summed E-state index contributed by atoms with van der Waals surface area (Å²) in [7, 11) is 0. The Morgan fingerprint density at radius 2 is 2.30 bits per heavy atom. The van der Waals surface area contributed by atoms with Crippen LogP contribution in [0.1, 0.15) is 29.5 Å². The molecule has 0 spiro atoms. The topological polar surface area (TPSA) is 63.3 Å². The van der Waals surface area contributed by atoms with E-state index in [0.717, 1.165) is 31.2 Å². The number of nitrogens with two attached hydrogens (primary N) is 1. The van der Waals surface area contributed by atoms with Crippen molar-refractivity contribution in [3.05, 3.63) is 47.4 Å². The van der Waals surface area contributed by atoms with E-state index in [9.17, 15) is 4.79 Å². The molecule has 105 valence electrons. The van der Waals surface area contributed by atoms with Crippen LogP contribution in [0.5, 0.6) is 0 Å². The van der Waals surface area contributed by atoms with Gasteiger partial charge in [-0.1, -0.05) is 30.4 Å². The van der Waals surface area contributed by atoms with Gasteiger partial charge in [-0.25, -0.2) is 0 Å². The molecule has 1 radical (unpaired) electrons. The molecule has 3 nitrogen and oxygen atoms in total. The van der Waals surface area contributed by atoms with Crippen LogP contribution in [-0.2, 0) is 17.6 Å². The van der Waals surface area contributed by atoms with Crippen molar-refractivity contribution in [3.8, 4) is 0 Å². The summed E-state index contributed by atoms with van der Waals surface area (Å²) >= 11 is 0. The average molecular weight is 270 g/mol. The Balaban J connectivity index is 1.98. The van der Waals surface area contributed by atoms with E-state index in [4.69, 9.17) is 10.8 Å². The highest BCUT2D eigenvalue weighted by Gasteiger charge is 2.46. The second-order valence-electron chi connectivity index (χ2n) is 5.98. The van der Waals surface area contributed by atoms with Gasteiger partial charge in [0.2, 0.25) is 5.91 Å². The van der Waals surface area contributed by atoms with Gasteiger partial charge in [0.25, 0.3) is 0 Å². The highest BCUT2D eigenvalue weighted by atomic mass is 16.2. The van der Waals surface area contributed by atoms with Crippen LogP contribution in [0, 0.1) is 17.8 Å². The number of amides is 1. The standard InChI is InChI=1S/C17H20NO2/c18-16(20)17-6-5-13(10-17)9-14-4-3-12(2-1-7-19)8-15(14)11-17/h1-4,8,10,13,19H,5-7,9,11H2,(H2,18,20). The first-order valence-electron chi connectivity index (χ1n) is 7.18. The van der Waals surface area contributed by atoms with E-state index in [1.54, 1.807) is 6.08 Å². The Morgan fingerprint density at radius 1 is 1.45 bits per heavy atom. The maximum Gasteiger partial charge on any atom is 0.224 e. The van der Waals surface area contributed by atoms with E-state index in [1.165, 1.54) is 11.1 Å². The molecule has 0 aliphatic heterocycles. The predicted octanol–water partition coefficient (Wildman–Crippen LogP) is 1.88. The lowest BCUT2D eigenvalue weighted by molar-refractivity contribution is -0.125. The van der Waals surface area contributed by atoms with E-state index < -0.39 is 5.41 Å². The lowest BCUT2D eigenvalue weighted by atomic mass is 9.79. The molecule has 2 aliphatic rings. The number of primary amides is 1. The summed E-state index contributed by atoms with van der Waals surface area (Å²) in [5.41, 5.74) is 8.84. The van der Waals surface area contributed by atoms with E-state index in [1.807, 2.05) is 6.08 Å². The zero-order valence-corrected chi connectivity index (χ0v) is 11.5. The van der Waals surface area contributed by atoms with Crippen molar-refractivity contribution in [3.63, 3.8) is 0 Å². The zero-order valence-electron chi connectivity index (χ0n) is 11.5. The SMILES string of the molecule is NC(=O)C12[CH]C(CC1)Cc1ccc(C=CCO)cc1C2. The Kier molecular flexibility index (Phi) is 3.38. The van der Waals surface area contributed by atoms with Crippen LogP contribution in [0.15, 0.2) is 24.3 Å². The van der Waals surface area contributed by atoms with Crippen molar-refractivity contribution in [2.75, 3.05) is 6.61 Å². The molecule has 3 N–H and O–H groups in total. The maximum atomic E-state index is 11.9. The van der Waals surface area contributed by atoms with E-state index in [-0.39, 0.29) is 12.5 Å². The van der Waals surface area contributed by atoms with Crippen molar-refractivity contribution in [1.29, 1.82) is 0 Å². The molecule has 2 bridgehead atoms. The molecular formula is C17H20NO2. The molecule has 2 unspecified atom stereocenters. The second kappa shape index (κ2) is 5.06. The third-order valence-corrected chi connectivity index (χ3v) is 4.64. The average Bonchev–Trinajstić information content (AvgIpc) is 2.74. The Labute approximate surface area is 119 Å². The van der Waals surface area contributed by atoms with Crippen molar-refractivity contribution < 1.29 is 9.90 Å². The smallest absolute Gasteiger partial charge is 0.224 e. The third-order valence-electron chi connectivity index (χ3n) is 4.64. The Bertz CT molecular complexity index is 564. The number of benzene rings is 1. The van der Waals surface area contributed by atoms with Crippen molar-refractivity contribution in [2.45, 2.75) is 25.7 Å². The van der Waals surface area contributed by atoms with Crippen LogP contribution in [0.2, 0.25) is 0 Å². The normalized spacial score (nSPS) is 28.4. The third kappa shape index (κ3) is 2.27. The number of fused-ring (bicyclic) bond motifs is 3. The van der Waals surface area contributed by atoms with Crippen LogP contribution in [0.25, 0.3) is 6.08 Å². The molecule has 1 aromatic carbocycles. The molecule has 0 saturated heterocycles. The fraction of sp³-hybridized carbons (Fsp3) is 0.412. The summed E-state index contributed by atoms with van der Waals surface area (Å²) in [5.74, 6) is 0.284. The van der Waals surface area contributed by atoms with Gasteiger partial charge in [0, 0.05) is 0 Å². The highest BCUT2D eigenvalue weighted by molar-refractivity contribution is 5.83. The summed E-state index contributed by atoms with van der Waals surface area (Å²) in [6, 6.07) is 6.34. The molecule has 2 aliphatic carbocycles. The van der Waals surface area contributed by atoms with Gasteiger partial charge in [0.1, 0.15) is 0 Å². The van der Waals surface area contributed by atoms with Gasteiger partial charge < -0.3 is 10.8 Å². The van der Waals surface area contributed by atoms with E-state index in [0.29, 0.717) is 5.92 Å². The number of rotatable bonds is 3. The molecule has 0 aromatic heterocycles. The van der Waals surface area contributed by atoms with Gasteiger partial charge in [-0.3, -0.25) is 4.79 Å². The number of carbonyl (C=O) groups is 1. The number of hydrogen-bond donors (Lipinski definition) is 2. The second-order valence-corrected chi connectivity index (χ2v) is 5.98. The number of carbonyl (C=O) groups excluding carboxylic acids is 1. The van der Waals surface area contributed by atoms with Crippen LogP contribution in [0.3, 0.4) is 0 Å². The maximum absolute atomic E-state index is 11.9. The molecular weight excluding hydrogens is 250 g/mol. The zero-order chi connectivity index (χ0) is 14.2. The van der Waals surface area contributed by atoms with Crippen LogP contribution < -0.4 is 5.73 Å². The van der Waals surface area contributed by atoms with Crippen LogP contribution in [0.4, 0.5) is 0 Å².